The molecule has 1 amide bonds. The first-order valence-corrected chi connectivity index (χ1v) is 8.55. The Bertz CT molecular complexity index is 472. The number of carbonyl (C=O) groups is 1. The smallest absolute Gasteiger partial charge is 0.251 e. The van der Waals surface area contributed by atoms with Crippen molar-refractivity contribution >= 4 is 11.6 Å². The van der Waals surface area contributed by atoms with Gasteiger partial charge in [-0.3, -0.25) is 4.79 Å². The SMILES string of the molecule is CCCN(CC)c1ccc(C(=O)NC2CCCNC2C)cc1. The fraction of sp³-hybridized carbons (Fsp3) is 0.611. The first-order valence-electron chi connectivity index (χ1n) is 8.55. The van der Waals surface area contributed by atoms with E-state index in [1.54, 1.807) is 0 Å². The van der Waals surface area contributed by atoms with E-state index in [0.717, 1.165) is 44.5 Å². The summed E-state index contributed by atoms with van der Waals surface area (Å²) in [6.07, 6.45) is 3.30. The molecule has 1 fully saturated rings. The quantitative estimate of drug-likeness (QED) is 0.849. The van der Waals surface area contributed by atoms with E-state index in [4.69, 9.17) is 0 Å². The van der Waals surface area contributed by atoms with Crippen molar-refractivity contribution in [3.63, 3.8) is 0 Å². The number of amides is 1. The molecule has 0 aliphatic carbocycles. The monoisotopic (exact) mass is 303 g/mol. The fourth-order valence-electron chi connectivity index (χ4n) is 3.06. The Labute approximate surface area is 134 Å². The van der Waals surface area contributed by atoms with E-state index in [1.165, 1.54) is 5.69 Å². The van der Waals surface area contributed by atoms with Crippen LogP contribution in [-0.2, 0) is 0 Å². The van der Waals surface area contributed by atoms with E-state index in [2.05, 4.69) is 48.4 Å². The van der Waals surface area contributed by atoms with Crippen LogP contribution in [0.3, 0.4) is 0 Å². The number of anilines is 1. The van der Waals surface area contributed by atoms with Crippen LogP contribution >= 0.6 is 0 Å². The summed E-state index contributed by atoms with van der Waals surface area (Å²) >= 11 is 0. The van der Waals surface area contributed by atoms with Gasteiger partial charge in [0.25, 0.3) is 5.91 Å². The van der Waals surface area contributed by atoms with Crippen LogP contribution in [0.1, 0.15) is 50.4 Å². The number of hydrogen-bond donors (Lipinski definition) is 2. The standard InChI is InChI=1S/C18H29N3O/c1-4-13-21(5-2)16-10-8-15(9-11-16)18(22)20-17-7-6-12-19-14(17)3/h8-11,14,17,19H,4-7,12-13H2,1-3H3,(H,20,22). The second-order valence-corrected chi connectivity index (χ2v) is 6.09. The summed E-state index contributed by atoms with van der Waals surface area (Å²) < 4.78 is 0. The highest BCUT2D eigenvalue weighted by molar-refractivity contribution is 5.94. The van der Waals surface area contributed by atoms with Crippen molar-refractivity contribution in [2.45, 2.75) is 52.1 Å². The van der Waals surface area contributed by atoms with E-state index < -0.39 is 0 Å². The van der Waals surface area contributed by atoms with Crippen LogP contribution in [0.25, 0.3) is 0 Å². The molecule has 2 rings (SSSR count). The van der Waals surface area contributed by atoms with Crippen LogP contribution in [0, 0.1) is 0 Å². The maximum Gasteiger partial charge on any atom is 0.251 e. The summed E-state index contributed by atoms with van der Waals surface area (Å²) in [5.74, 6) is 0.0330. The van der Waals surface area contributed by atoms with Gasteiger partial charge in [-0.1, -0.05) is 6.92 Å². The summed E-state index contributed by atoms with van der Waals surface area (Å²) in [6.45, 7) is 9.57. The Kier molecular flexibility index (Phi) is 6.25. The Balaban J connectivity index is 1.98. The van der Waals surface area contributed by atoms with Crippen molar-refractivity contribution < 1.29 is 4.79 Å². The number of benzene rings is 1. The minimum absolute atomic E-state index is 0.0330. The highest BCUT2D eigenvalue weighted by Crippen LogP contribution is 2.16. The van der Waals surface area contributed by atoms with Crippen LogP contribution in [-0.4, -0.2) is 37.6 Å². The lowest BCUT2D eigenvalue weighted by molar-refractivity contribution is 0.0920. The van der Waals surface area contributed by atoms with Gasteiger partial charge in [0.2, 0.25) is 0 Å². The van der Waals surface area contributed by atoms with Crippen LogP contribution < -0.4 is 15.5 Å². The Hall–Kier alpha value is -1.55. The number of carbonyl (C=O) groups excluding carboxylic acids is 1. The molecule has 4 heteroatoms. The molecule has 22 heavy (non-hydrogen) atoms. The van der Waals surface area contributed by atoms with Gasteiger partial charge in [0.05, 0.1) is 0 Å². The van der Waals surface area contributed by atoms with Gasteiger partial charge in [-0.25, -0.2) is 0 Å². The predicted molar refractivity (Wildman–Crippen MR) is 92.6 cm³/mol. The molecule has 122 valence electrons. The van der Waals surface area contributed by atoms with E-state index in [-0.39, 0.29) is 11.9 Å². The lowest BCUT2D eigenvalue weighted by atomic mass is 9.99. The Morgan fingerprint density at radius 1 is 1.32 bits per heavy atom. The number of rotatable bonds is 6. The van der Waals surface area contributed by atoms with Crippen LogP contribution in [0.4, 0.5) is 5.69 Å². The molecule has 0 aromatic heterocycles. The Morgan fingerprint density at radius 3 is 2.64 bits per heavy atom. The second kappa shape index (κ2) is 8.18. The summed E-state index contributed by atoms with van der Waals surface area (Å²) in [6, 6.07) is 8.55. The first-order chi connectivity index (χ1) is 10.7. The summed E-state index contributed by atoms with van der Waals surface area (Å²) in [5, 5.41) is 6.57. The normalized spacial score (nSPS) is 21.4. The predicted octanol–water partition coefficient (Wildman–Crippen LogP) is 2.79. The van der Waals surface area contributed by atoms with Gasteiger partial charge >= 0.3 is 0 Å². The molecule has 0 saturated carbocycles. The lowest BCUT2D eigenvalue weighted by Gasteiger charge is -2.30. The summed E-state index contributed by atoms with van der Waals surface area (Å²) in [4.78, 5) is 14.7. The maximum absolute atomic E-state index is 12.4. The topological polar surface area (TPSA) is 44.4 Å². The van der Waals surface area contributed by atoms with Gasteiger partial charge in [0.1, 0.15) is 0 Å². The molecular weight excluding hydrogens is 274 g/mol. The minimum atomic E-state index is 0.0330. The fourth-order valence-corrected chi connectivity index (χ4v) is 3.06. The van der Waals surface area contributed by atoms with Crippen molar-refractivity contribution in [1.29, 1.82) is 0 Å². The molecule has 4 nitrogen and oxygen atoms in total. The highest BCUT2D eigenvalue weighted by atomic mass is 16.1. The molecule has 2 unspecified atom stereocenters. The van der Waals surface area contributed by atoms with Gasteiger partial charge < -0.3 is 15.5 Å². The molecule has 1 heterocycles. The third-order valence-electron chi connectivity index (χ3n) is 4.45. The number of nitrogens with zero attached hydrogens (tertiary/aromatic N) is 1. The average Bonchev–Trinajstić information content (AvgIpc) is 2.55. The van der Waals surface area contributed by atoms with Crippen molar-refractivity contribution in [1.82, 2.24) is 10.6 Å². The van der Waals surface area contributed by atoms with Gasteiger partial charge in [0, 0.05) is 36.4 Å². The summed E-state index contributed by atoms with van der Waals surface area (Å²) in [7, 11) is 0. The molecular formula is C18H29N3O. The molecule has 1 saturated heterocycles. The van der Waals surface area contributed by atoms with Gasteiger partial charge in [0.15, 0.2) is 0 Å². The molecule has 1 aliphatic rings. The molecule has 0 radical (unpaired) electrons. The zero-order chi connectivity index (χ0) is 15.9. The largest absolute Gasteiger partial charge is 0.372 e. The molecule has 2 atom stereocenters. The van der Waals surface area contributed by atoms with Crippen molar-refractivity contribution in [2.24, 2.45) is 0 Å². The number of hydrogen-bond acceptors (Lipinski definition) is 3. The van der Waals surface area contributed by atoms with E-state index in [9.17, 15) is 4.79 Å². The van der Waals surface area contributed by atoms with Gasteiger partial charge in [-0.05, 0) is 63.9 Å². The third-order valence-corrected chi connectivity index (χ3v) is 4.45. The zero-order valence-electron chi connectivity index (χ0n) is 14.1. The third kappa shape index (κ3) is 4.23. The second-order valence-electron chi connectivity index (χ2n) is 6.09. The average molecular weight is 303 g/mol. The van der Waals surface area contributed by atoms with E-state index in [1.807, 2.05) is 12.1 Å². The van der Waals surface area contributed by atoms with Crippen LogP contribution in [0.2, 0.25) is 0 Å². The molecule has 1 aromatic carbocycles. The molecule has 1 aromatic rings. The molecule has 1 aliphatic heterocycles. The maximum atomic E-state index is 12.4. The summed E-state index contributed by atoms with van der Waals surface area (Å²) in [5.41, 5.74) is 1.93. The van der Waals surface area contributed by atoms with E-state index in [0.29, 0.717) is 6.04 Å². The first kappa shape index (κ1) is 16.8. The lowest BCUT2D eigenvalue weighted by Crippen LogP contribution is -2.51. The van der Waals surface area contributed by atoms with Crippen molar-refractivity contribution in [3.8, 4) is 0 Å². The molecule has 0 spiro atoms. The van der Waals surface area contributed by atoms with Gasteiger partial charge in [-0.2, -0.15) is 0 Å². The highest BCUT2D eigenvalue weighted by Gasteiger charge is 2.22. The molecule has 2 N–H and O–H groups in total. The Morgan fingerprint density at radius 2 is 2.05 bits per heavy atom. The van der Waals surface area contributed by atoms with Gasteiger partial charge in [-0.15, -0.1) is 0 Å². The van der Waals surface area contributed by atoms with E-state index >= 15 is 0 Å². The van der Waals surface area contributed by atoms with Crippen LogP contribution in [0.15, 0.2) is 24.3 Å². The molecule has 0 bridgehead atoms. The van der Waals surface area contributed by atoms with Crippen molar-refractivity contribution in [2.75, 3.05) is 24.5 Å². The number of nitrogens with one attached hydrogen (secondary N) is 2. The zero-order valence-corrected chi connectivity index (χ0v) is 14.1. The van der Waals surface area contributed by atoms with Crippen LogP contribution in [0.5, 0.6) is 0 Å². The number of piperidine rings is 1. The minimum Gasteiger partial charge on any atom is -0.372 e. The van der Waals surface area contributed by atoms with Crippen molar-refractivity contribution in [3.05, 3.63) is 29.8 Å².